The SMILES string of the molecule is C[C@@H]1CCc2cc3ccc2[C@H]1C[C@@H](S(=O)(=O)[O-])[C@H]1C=C2C[C@H](C[C@H]4C[C@@H](CO)CC#Cc5cc(O)ccc5[C@@H]2O4)[C@@H]1c1ccc(cc1)[C@](N=C(N)N)([C@H]1CC[C@H]2CC[C@H](c4ccc([C@@H](O)[C@H]5CCc6cccc7cccc5c67)cc4)C[C@@]2(O)[C@@H]1Cc1ccccc1)O3.[Na+]. The largest absolute Gasteiger partial charge is 1.00 e. The molecule has 2 saturated carbocycles. The van der Waals surface area contributed by atoms with Gasteiger partial charge in [-0.1, -0.05) is 152 Å². The van der Waals surface area contributed by atoms with Crippen molar-refractivity contribution < 1.29 is 72.4 Å². The second-order valence-electron chi connectivity index (χ2n) is 28.7. The van der Waals surface area contributed by atoms with Crippen LogP contribution in [-0.4, -0.2) is 62.9 Å². The van der Waals surface area contributed by atoms with Gasteiger partial charge in [-0.05, 0) is 222 Å². The zero-order valence-electron chi connectivity index (χ0n) is 53.3. The van der Waals surface area contributed by atoms with Crippen LogP contribution in [0.1, 0.15) is 181 Å². The van der Waals surface area contributed by atoms with Crippen molar-refractivity contribution in [3.05, 3.63) is 225 Å². The van der Waals surface area contributed by atoms with Crippen molar-refractivity contribution in [2.24, 2.45) is 57.9 Å². The van der Waals surface area contributed by atoms with E-state index in [4.69, 9.17) is 25.9 Å². The Morgan fingerprint density at radius 3 is 2.32 bits per heavy atom. The first-order chi connectivity index (χ1) is 44.5. The molecule has 7 aromatic carbocycles. The fourth-order valence-corrected chi connectivity index (χ4v) is 20.4. The Kier molecular flexibility index (Phi) is 17.7. The normalized spacial score (nSPS) is 32.1. The molecule has 7 aromatic rings. The van der Waals surface area contributed by atoms with Gasteiger partial charge in [-0.2, -0.15) is 0 Å². The summed E-state index contributed by atoms with van der Waals surface area (Å²) in [6, 6.07) is 51.3. The van der Waals surface area contributed by atoms with Gasteiger partial charge in [0.05, 0.1) is 33.2 Å². The summed E-state index contributed by atoms with van der Waals surface area (Å²) in [5.74, 6) is 4.22. The molecule has 0 amide bonds. The van der Waals surface area contributed by atoms with Crippen LogP contribution in [0.5, 0.6) is 11.5 Å². The minimum atomic E-state index is -4.97. The van der Waals surface area contributed by atoms with Crippen LogP contribution in [-0.2, 0) is 39.8 Å². The van der Waals surface area contributed by atoms with Crippen LogP contribution in [0.2, 0.25) is 0 Å². The van der Waals surface area contributed by atoms with E-state index in [2.05, 4.69) is 134 Å². The molecule has 0 aromatic heterocycles. The van der Waals surface area contributed by atoms with Crippen LogP contribution < -0.4 is 45.8 Å². The Bertz CT molecular complexity index is 4180. The molecule has 0 radical (unpaired) electrons. The van der Waals surface area contributed by atoms with Crippen molar-refractivity contribution in [3.63, 3.8) is 0 Å². The van der Waals surface area contributed by atoms with Crippen molar-refractivity contribution in [1.29, 1.82) is 0 Å². The smallest absolute Gasteiger partial charge is 0.748 e. The van der Waals surface area contributed by atoms with Gasteiger partial charge in [0.25, 0.3) is 0 Å². The molecule has 93 heavy (non-hydrogen) atoms. The number of benzene rings is 7. The number of phenols is 1. The van der Waals surface area contributed by atoms with E-state index in [1.54, 1.807) is 12.1 Å². The van der Waals surface area contributed by atoms with Crippen molar-refractivity contribution in [1.82, 2.24) is 0 Å². The molecule has 12 nitrogen and oxygen atoms in total. The van der Waals surface area contributed by atoms with Crippen LogP contribution in [0.25, 0.3) is 10.8 Å². The third-order valence-corrected chi connectivity index (χ3v) is 24.9. The first-order valence-corrected chi connectivity index (χ1v) is 35.3. The summed E-state index contributed by atoms with van der Waals surface area (Å²) in [6.45, 7) is 2.08. The number of aryl methyl sites for hydroxylation is 2. The van der Waals surface area contributed by atoms with Crippen LogP contribution in [0.3, 0.4) is 0 Å². The molecular formula is C79H84N3NaO9S. The van der Waals surface area contributed by atoms with Crippen molar-refractivity contribution >= 4 is 26.9 Å². The summed E-state index contributed by atoms with van der Waals surface area (Å²) in [7, 11) is -4.97. The quantitative estimate of drug-likeness (QED) is 0.0199. The molecule has 17 rings (SSSR count). The van der Waals surface area contributed by atoms with Gasteiger partial charge in [-0.25, -0.2) is 13.4 Å². The van der Waals surface area contributed by atoms with Crippen LogP contribution in [0.15, 0.2) is 168 Å². The number of fused-ring (bicyclic) bond motifs is 10. The number of aliphatic hydroxyl groups is 3. The maximum absolute atomic E-state index is 14.5. The third-order valence-electron chi connectivity index (χ3n) is 23.7. The van der Waals surface area contributed by atoms with E-state index in [1.807, 2.05) is 30.3 Å². The molecule has 5 heterocycles. The summed E-state index contributed by atoms with van der Waals surface area (Å²) in [6.07, 6.45) is 9.90. The third kappa shape index (κ3) is 11.9. The van der Waals surface area contributed by atoms with Crippen molar-refractivity contribution in [2.45, 2.75) is 162 Å². The minimum absolute atomic E-state index is 0. The zero-order valence-corrected chi connectivity index (χ0v) is 56.1. The Balaban J connectivity index is 0.00000749. The monoisotopic (exact) mass is 1270 g/mol. The van der Waals surface area contributed by atoms with Gasteiger partial charge in [0.15, 0.2) is 5.96 Å². The van der Waals surface area contributed by atoms with Gasteiger partial charge >= 0.3 is 29.6 Å². The van der Waals surface area contributed by atoms with E-state index in [1.165, 1.54) is 21.9 Å². The Morgan fingerprint density at radius 2 is 1.55 bits per heavy atom. The number of allylic oxidation sites excluding steroid dienone is 1. The van der Waals surface area contributed by atoms with E-state index in [9.17, 15) is 33.4 Å². The molecule has 5 aliphatic heterocycles. The zero-order chi connectivity index (χ0) is 63.2. The van der Waals surface area contributed by atoms with Gasteiger partial charge in [-0.15, -0.1) is 0 Å². The van der Waals surface area contributed by atoms with E-state index in [0.29, 0.717) is 74.7 Å². The summed E-state index contributed by atoms with van der Waals surface area (Å²) < 4.78 is 58.4. The number of guanidine groups is 1. The van der Waals surface area contributed by atoms with Gasteiger partial charge < -0.3 is 45.9 Å². The predicted molar refractivity (Wildman–Crippen MR) is 357 cm³/mol. The van der Waals surface area contributed by atoms with Crippen LogP contribution >= 0.6 is 0 Å². The molecule has 1 saturated heterocycles. The van der Waals surface area contributed by atoms with Gasteiger partial charge in [0, 0.05) is 47.5 Å². The maximum Gasteiger partial charge on any atom is 1.00 e. The second kappa shape index (κ2) is 25.7. The number of ether oxygens (including phenoxy) is 2. The van der Waals surface area contributed by atoms with Gasteiger partial charge in [-0.3, -0.25) is 0 Å². The molecule has 8 N–H and O–H groups in total. The van der Waals surface area contributed by atoms with E-state index >= 15 is 0 Å². The second-order valence-corrected chi connectivity index (χ2v) is 30.3. The summed E-state index contributed by atoms with van der Waals surface area (Å²) in [5.41, 5.74) is 22.2. The number of phenolic OH excluding ortho intramolecular Hbond substituents is 1. The average molecular weight is 1270 g/mol. The fraction of sp³-hybridized carbons (Fsp3) is 0.430. The Morgan fingerprint density at radius 1 is 0.796 bits per heavy atom. The van der Waals surface area contributed by atoms with Crippen LogP contribution in [0, 0.1) is 53.3 Å². The van der Waals surface area contributed by atoms with Gasteiger partial charge in [0.1, 0.15) is 17.6 Å². The number of nitrogens with zero attached hydrogens (tertiary/aromatic N) is 1. The standard InChI is InChI=1S/C79H85N3O9S.Na/c1-46-16-17-55-40-62-31-34-64(55)68(46)43-72(92(87,88)89)69-42-58-38-57(41-63-36-48(45-83)10-5-14-54-39-61(84)30-33-65(54)76(58)90-63)74(69)52-22-27-60(28-23-52)79(91-62,82-77(80)81)70-35-29-59-26-24-56(44-78(59,86)71(70)37-47-8-3-2-4-9-47)49-18-20-53(21-19-49)75(85)67-32-25-51-12-6-11-50-13-7-15-66(67)73(50)51;/h2-4,6-9,11-13,15,18-23,27-28,30-31,33-34,39-40,42,46,48,56-57,59,63,67-72,74-76,83-86H,10,16-17,24-26,29,32,35-38,41,43-45H2,1H3,(H4,80,81,82)(H,87,88,89);/q;+1/p-1/t46-,48+,56+,57-,59-,63-,67+,68+,69-,70+,71-,72-,74+,75-,76-,78+,79-;/m1./s1. The van der Waals surface area contributed by atoms with Crippen molar-refractivity contribution in [3.8, 4) is 23.3 Å². The molecule has 0 unspecified atom stereocenters. The van der Waals surface area contributed by atoms with Crippen molar-refractivity contribution in [2.75, 3.05) is 6.61 Å². The number of hydrogen-bond acceptors (Lipinski definition) is 10. The van der Waals surface area contributed by atoms with E-state index in [0.717, 1.165) is 76.6 Å². The number of nitrogens with two attached hydrogens (primary N) is 2. The summed E-state index contributed by atoms with van der Waals surface area (Å²) in [5, 5.41) is 49.2. The fourth-order valence-electron chi connectivity index (χ4n) is 19.3. The Labute approximate surface area is 569 Å². The maximum atomic E-state index is 14.5. The summed E-state index contributed by atoms with van der Waals surface area (Å²) in [4.78, 5) is 5.37. The number of rotatable bonds is 9. The van der Waals surface area contributed by atoms with E-state index < -0.39 is 62.6 Å². The molecule has 10 aliphatic rings. The first-order valence-electron chi connectivity index (χ1n) is 33.8. The number of hydrogen-bond donors (Lipinski definition) is 6. The first kappa shape index (κ1) is 64.1. The number of aliphatic hydroxyl groups excluding tert-OH is 2. The Hall–Kier alpha value is -6.28. The predicted octanol–water partition coefficient (Wildman–Crippen LogP) is 10.3. The average Bonchev–Trinajstić information content (AvgIpc) is 0.851. The molecule has 14 heteroatoms. The number of aliphatic imine (C=N–C) groups is 1. The molecule has 3 fully saturated rings. The molecule has 10 bridgehead atoms. The molecule has 476 valence electrons. The molecular weight excluding hydrogens is 1190 g/mol. The minimum Gasteiger partial charge on any atom is -0.748 e. The topological polar surface area (TPSA) is 221 Å². The van der Waals surface area contributed by atoms with E-state index in [-0.39, 0.29) is 102 Å². The number of aromatic hydroxyl groups is 1. The molecule has 0 spiro atoms. The van der Waals surface area contributed by atoms with Crippen LogP contribution in [0.4, 0.5) is 0 Å². The van der Waals surface area contributed by atoms with Gasteiger partial charge in [0.2, 0.25) is 5.72 Å². The molecule has 17 atom stereocenters. The molecule has 5 aliphatic carbocycles. The summed E-state index contributed by atoms with van der Waals surface area (Å²) >= 11 is 0.